The van der Waals surface area contributed by atoms with Crippen molar-refractivity contribution in [3.63, 3.8) is 0 Å². The largest absolute Gasteiger partial charge is 0.417 e. The summed E-state index contributed by atoms with van der Waals surface area (Å²) in [5, 5.41) is 14.2. The number of fused-ring (bicyclic) bond motifs is 2. The van der Waals surface area contributed by atoms with Gasteiger partial charge in [0.15, 0.2) is 5.65 Å². The number of imidazole rings is 1. The van der Waals surface area contributed by atoms with Crippen molar-refractivity contribution in [3.8, 4) is 11.3 Å². The summed E-state index contributed by atoms with van der Waals surface area (Å²) in [4.78, 5) is 22.3. The highest BCUT2D eigenvalue weighted by atomic mass is 32.2. The molecule has 1 saturated heterocycles. The lowest BCUT2D eigenvalue weighted by atomic mass is 10.0. The van der Waals surface area contributed by atoms with Gasteiger partial charge in [-0.15, -0.1) is 11.8 Å². The van der Waals surface area contributed by atoms with Gasteiger partial charge >= 0.3 is 11.9 Å². The summed E-state index contributed by atoms with van der Waals surface area (Å²) in [6.07, 6.45) is -0.590. The van der Waals surface area contributed by atoms with Crippen LogP contribution in [0.1, 0.15) is 42.1 Å². The number of halogens is 3. The van der Waals surface area contributed by atoms with Crippen LogP contribution in [-0.2, 0) is 42.8 Å². The number of aryl methyl sites for hydroxylation is 2. The Kier molecular flexibility index (Phi) is 10.4. The van der Waals surface area contributed by atoms with E-state index in [2.05, 4.69) is 4.90 Å². The molecule has 1 N–H and O–H groups in total. The van der Waals surface area contributed by atoms with Crippen LogP contribution in [0.15, 0.2) is 40.0 Å². The van der Waals surface area contributed by atoms with Gasteiger partial charge in [0, 0.05) is 93.8 Å². The molecule has 0 radical (unpaired) electrons. The zero-order valence-electron chi connectivity index (χ0n) is 28.6. The monoisotopic (exact) mass is 736 g/mol. The number of hydrogen-bond donors (Lipinski definition) is 1. The van der Waals surface area contributed by atoms with E-state index in [-0.39, 0.29) is 35.5 Å². The number of piperidine rings is 1. The van der Waals surface area contributed by atoms with E-state index >= 15 is 0 Å². The molecule has 50 heavy (non-hydrogen) atoms. The minimum absolute atomic E-state index is 0.00813. The lowest BCUT2D eigenvalue weighted by Gasteiger charge is -2.32. The second kappa shape index (κ2) is 14.3. The summed E-state index contributed by atoms with van der Waals surface area (Å²) >= 11 is 0.922. The van der Waals surface area contributed by atoms with E-state index in [1.807, 2.05) is 40.4 Å². The average molecular weight is 737 g/mol. The van der Waals surface area contributed by atoms with Gasteiger partial charge in [-0.3, -0.25) is 13.8 Å². The lowest BCUT2D eigenvalue weighted by molar-refractivity contribution is -0.139. The fraction of sp³-hybridized carbons (Fsp3) is 0.545. The summed E-state index contributed by atoms with van der Waals surface area (Å²) in [5.74, 6) is 0.895. The molecule has 0 saturated carbocycles. The Hall–Kier alpha value is -3.38. The maximum Gasteiger partial charge on any atom is 0.417 e. The van der Waals surface area contributed by atoms with Crippen molar-refractivity contribution < 1.29 is 26.7 Å². The van der Waals surface area contributed by atoms with Crippen LogP contribution in [0.5, 0.6) is 0 Å². The van der Waals surface area contributed by atoms with Gasteiger partial charge in [0.05, 0.1) is 29.6 Å². The lowest BCUT2D eigenvalue weighted by Crippen LogP contribution is -2.38. The van der Waals surface area contributed by atoms with Crippen LogP contribution in [-0.4, -0.2) is 106 Å². The van der Waals surface area contributed by atoms with E-state index < -0.39 is 21.8 Å². The minimum atomic E-state index is -4.56. The topological polar surface area (TPSA) is 122 Å². The average Bonchev–Trinajstić information content (AvgIpc) is 3.56. The van der Waals surface area contributed by atoms with Gasteiger partial charge in [-0.2, -0.15) is 22.6 Å². The number of aliphatic hydroxyl groups is 1. The van der Waals surface area contributed by atoms with Gasteiger partial charge in [0.2, 0.25) is 10.0 Å². The second-order valence-electron chi connectivity index (χ2n) is 13.2. The van der Waals surface area contributed by atoms with Crippen LogP contribution in [0.4, 0.5) is 19.0 Å². The number of hydrogen-bond acceptors (Lipinski definition) is 9. The maximum atomic E-state index is 13.8. The first kappa shape index (κ1) is 36.4. The Morgan fingerprint density at radius 3 is 2.48 bits per heavy atom. The van der Waals surface area contributed by atoms with E-state index in [1.54, 1.807) is 11.6 Å². The van der Waals surface area contributed by atoms with Gasteiger partial charge in [0.1, 0.15) is 5.82 Å². The Morgan fingerprint density at radius 1 is 1.08 bits per heavy atom. The van der Waals surface area contributed by atoms with Crippen LogP contribution >= 0.6 is 11.8 Å². The third-order valence-electron chi connectivity index (χ3n) is 9.62. The molecule has 0 spiro atoms. The molecule has 0 bridgehead atoms. The molecule has 0 aliphatic carbocycles. The number of aromatic nitrogens is 5. The van der Waals surface area contributed by atoms with Crippen LogP contribution < -0.4 is 10.6 Å². The first-order chi connectivity index (χ1) is 23.7. The van der Waals surface area contributed by atoms with Crippen molar-refractivity contribution in [2.75, 3.05) is 63.8 Å². The third kappa shape index (κ3) is 7.33. The molecule has 6 rings (SSSR count). The zero-order valence-corrected chi connectivity index (χ0v) is 30.3. The van der Waals surface area contributed by atoms with E-state index in [4.69, 9.17) is 10.1 Å². The van der Waals surface area contributed by atoms with Crippen molar-refractivity contribution >= 4 is 38.8 Å². The molecule has 12 nitrogen and oxygen atoms in total. The molecule has 3 aromatic heterocycles. The SMILES string of the molecule is CN(C)c1ccc2c(n1)n(C1CCN(CCCn3nc(-c4ccc(C(F)(F)F)c(SCCO)c4)c4c3CCN(S(C)(=O)=O)C4)CC1)c(=O)n2C. The van der Waals surface area contributed by atoms with Gasteiger partial charge < -0.3 is 14.9 Å². The van der Waals surface area contributed by atoms with E-state index in [0.717, 1.165) is 80.0 Å². The molecule has 0 unspecified atom stereocenters. The van der Waals surface area contributed by atoms with E-state index in [0.29, 0.717) is 42.0 Å². The summed E-state index contributed by atoms with van der Waals surface area (Å²) in [5.41, 5.74) is 3.19. The molecule has 272 valence electrons. The zero-order chi connectivity index (χ0) is 36.0. The number of benzene rings is 1. The quantitative estimate of drug-likeness (QED) is 0.229. The molecule has 17 heteroatoms. The van der Waals surface area contributed by atoms with Crippen molar-refractivity contribution in [1.82, 2.24) is 33.1 Å². The second-order valence-corrected chi connectivity index (χ2v) is 16.3. The number of thioether (sulfide) groups is 1. The number of nitrogens with zero attached hydrogens (tertiary/aromatic N) is 8. The number of alkyl halides is 3. The molecule has 2 aliphatic heterocycles. The summed E-state index contributed by atoms with van der Waals surface area (Å²) in [6, 6.07) is 7.75. The fourth-order valence-corrected chi connectivity index (χ4v) is 8.64. The summed E-state index contributed by atoms with van der Waals surface area (Å²) in [6.45, 7) is 3.10. The van der Waals surface area contributed by atoms with Crippen LogP contribution in [0.2, 0.25) is 0 Å². The Labute approximate surface area is 293 Å². The number of rotatable bonds is 11. The maximum absolute atomic E-state index is 13.8. The molecule has 4 aromatic rings. The molecular weight excluding hydrogens is 694 g/mol. The summed E-state index contributed by atoms with van der Waals surface area (Å²) < 4.78 is 73.1. The third-order valence-corrected chi connectivity index (χ3v) is 11.9. The molecular formula is C33H43F3N8O4S2. The van der Waals surface area contributed by atoms with E-state index in [1.165, 1.54) is 16.4 Å². The molecule has 0 atom stereocenters. The Morgan fingerprint density at radius 2 is 1.82 bits per heavy atom. The minimum Gasteiger partial charge on any atom is -0.396 e. The predicted octanol–water partition coefficient (Wildman–Crippen LogP) is 3.81. The fourth-order valence-electron chi connectivity index (χ4n) is 6.99. The summed E-state index contributed by atoms with van der Waals surface area (Å²) in [7, 11) is 2.12. The smallest absolute Gasteiger partial charge is 0.396 e. The van der Waals surface area contributed by atoms with Crippen molar-refractivity contribution in [1.29, 1.82) is 0 Å². The number of anilines is 1. The van der Waals surface area contributed by atoms with Crippen molar-refractivity contribution in [2.45, 2.75) is 55.9 Å². The highest BCUT2D eigenvalue weighted by Crippen LogP contribution is 2.40. The molecule has 2 aliphatic rings. The van der Waals surface area contributed by atoms with Crippen LogP contribution in [0.25, 0.3) is 22.4 Å². The van der Waals surface area contributed by atoms with Crippen LogP contribution in [0, 0.1) is 0 Å². The molecule has 0 amide bonds. The number of likely N-dealkylation sites (tertiary alicyclic amines) is 1. The number of pyridine rings is 1. The first-order valence-electron chi connectivity index (χ1n) is 16.6. The first-order valence-corrected chi connectivity index (χ1v) is 19.5. The standard InChI is InChI=1S/C33H43F3N8O4S2/c1-39(2)29-9-8-27-31(37-29)44(32(46)40(27)3)23-10-15-41(16-11-23)13-5-14-43-26-12-17-42(50(4,47)48)21-24(26)30(38-43)22-6-7-25(33(34,35)36)28(20-22)49-19-18-45/h6-9,20,23,45H,5,10-19,21H2,1-4H3. The van der Waals surface area contributed by atoms with Gasteiger partial charge in [-0.1, -0.05) is 6.07 Å². The Balaban J connectivity index is 1.18. The van der Waals surface area contributed by atoms with E-state index in [9.17, 15) is 31.5 Å². The highest BCUT2D eigenvalue weighted by Gasteiger charge is 2.35. The Bertz CT molecular complexity index is 2030. The molecule has 5 heterocycles. The molecule has 1 aromatic carbocycles. The van der Waals surface area contributed by atoms with Gasteiger partial charge in [0.25, 0.3) is 0 Å². The van der Waals surface area contributed by atoms with Crippen molar-refractivity contribution in [2.24, 2.45) is 7.05 Å². The predicted molar refractivity (Wildman–Crippen MR) is 188 cm³/mol. The van der Waals surface area contributed by atoms with Gasteiger partial charge in [-0.25, -0.2) is 18.2 Å². The van der Waals surface area contributed by atoms with Crippen molar-refractivity contribution in [3.05, 3.63) is 57.6 Å². The number of sulfonamides is 1. The van der Waals surface area contributed by atoms with Gasteiger partial charge in [-0.05, 0) is 50.1 Å². The van der Waals surface area contributed by atoms with Crippen LogP contribution in [0.3, 0.4) is 0 Å². The normalized spacial score (nSPS) is 16.7. The number of aliphatic hydroxyl groups excluding tert-OH is 1. The molecule has 1 fully saturated rings. The highest BCUT2D eigenvalue weighted by molar-refractivity contribution is 7.99.